The standard InChI is InChI=1S/C14H11IN2S/c1-16-11-7-6-9(8-10(11)15)14-17-12-4-2-3-5-13(12)18-14/h2-8,16H,1H3/i1-1. The smallest absolute Gasteiger partial charge is 0.124 e. The van der Waals surface area contributed by atoms with Gasteiger partial charge in [0.2, 0.25) is 0 Å². The zero-order valence-corrected chi connectivity index (χ0v) is 12.7. The van der Waals surface area contributed by atoms with Crippen LogP contribution in [0.25, 0.3) is 20.8 Å². The van der Waals surface area contributed by atoms with Crippen LogP contribution in [0.3, 0.4) is 0 Å². The fraction of sp³-hybridized carbons (Fsp3) is 0.0714. The molecule has 0 radical (unpaired) electrons. The van der Waals surface area contributed by atoms with Gasteiger partial charge in [0.25, 0.3) is 0 Å². The molecule has 0 amide bonds. The normalized spacial score (nSPS) is 10.8. The van der Waals surface area contributed by atoms with Gasteiger partial charge in [0.1, 0.15) is 5.01 Å². The van der Waals surface area contributed by atoms with Gasteiger partial charge in [-0.25, -0.2) is 4.98 Å². The zero-order valence-electron chi connectivity index (χ0n) is 9.77. The molecule has 0 fully saturated rings. The highest BCUT2D eigenvalue weighted by Crippen LogP contribution is 2.32. The van der Waals surface area contributed by atoms with E-state index in [9.17, 15) is 0 Å². The Morgan fingerprint density at radius 3 is 2.72 bits per heavy atom. The third kappa shape index (κ3) is 2.10. The van der Waals surface area contributed by atoms with E-state index in [-0.39, 0.29) is 0 Å². The van der Waals surface area contributed by atoms with Gasteiger partial charge in [0.05, 0.1) is 10.2 Å². The number of hydrogen-bond acceptors (Lipinski definition) is 3. The number of nitrogens with zero attached hydrogens (tertiary/aromatic N) is 1. The fourth-order valence-electron chi connectivity index (χ4n) is 1.85. The first-order chi connectivity index (χ1) is 8.78. The van der Waals surface area contributed by atoms with Gasteiger partial charge >= 0.3 is 0 Å². The Hall–Kier alpha value is -1.14. The first kappa shape index (κ1) is 11.9. The molecule has 0 aliphatic rings. The van der Waals surface area contributed by atoms with Crippen molar-refractivity contribution in [3.05, 3.63) is 46.0 Å². The molecule has 0 aliphatic heterocycles. The van der Waals surface area contributed by atoms with Gasteiger partial charge in [0.15, 0.2) is 0 Å². The lowest BCUT2D eigenvalue weighted by molar-refractivity contribution is 1.45. The van der Waals surface area contributed by atoms with Crippen LogP contribution in [0, 0.1) is 3.57 Å². The molecular weight excluding hydrogens is 354 g/mol. The molecule has 3 aromatic rings. The predicted molar refractivity (Wildman–Crippen MR) is 87.3 cm³/mol. The highest BCUT2D eigenvalue weighted by molar-refractivity contribution is 14.1. The van der Waals surface area contributed by atoms with Crippen molar-refractivity contribution in [3.8, 4) is 10.6 Å². The van der Waals surface area contributed by atoms with Crippen LogP contribution in [0.2, 0.25) is 0 Å². The minimum atomic E-state index is 1.07. The van der Waals surface area contributed by atoms with Crippen LogP contribution >= 0.6 is 33.9 Å². The Morgan fingerprint density at radius 1 is 1.17 bits per heavy atom. The molecule has 90 valence electrons. The van der Waals surface area contributed by atoms with Crippen molar-refractivity contribution in [1.82, 2.24) is 4.98 Å². The lowest BCUT2D eigenvalue weighted by Gasteiger charge is -2.04. The number of benzene rings is 2. The van der Waals surface area contributed by atoms with Crippen molar-refractivity contribution >= 4 is 49.8 Å². The van der Waals surface area contributed by atoms with E-state index >= 15 is 0 Å². The summed E-state index contributed by atoms with van der Waals surface area (Å²) in [5.41, 5.74) is 3.41. The molecule has 1 N–H and O–H groups in total. The van der Waals surface area contributed by atoms with Crippen molar-refractivity contribution in [1.29, 1.82) is 0 Å². The van der Waals surface area contributed by atoms with Crippen LogP contribution in [0.4, 0.5) is 5.69 Å². The van der Waals surface area contributed by atoms with Gasteiger partial charge in [0, 0.05) is 21.9 Å². The second-order valence-corrected chi connectivity index (χ2v) is 6.12. The van der Waals surface area contributed by atoms with Crippen LogP contribution in [0.15, 0.2) is 42.5 Å². The van der Waals surface area contributed by atoms with Crippen molar-refractivity contribution in [2.75, 3.05) is 12.4 Å². The quantitative estimate of drug-likeness (QED) is 0.671. The van der Waals surface area contributed by atoms with Crippen molar-refractivity contribution < 1.29 is 0 Å². The number of anilines is 1. The maximum Gasteiger partial charge on any atom is 0.124 e. The summed E-state index contributed by atoms with van der Waals surface area (Å²) in [7, 11) is 1.94. The van der Waals surface area contributed by atoms with E-state index in [1.54, 1.807) is 11.3 Å². The zero-order chi connectivity index (χ0) is 12.5. The summed E-state index contributed by atoms with van der Waals surface area (Å²) in [6, 6.07) is 14.6. The lowest BCUT2D eigenvalue weighted by atomic mass is 10.2. The van der Waals surface area contributed by atoms with Gasteiger partial charge in [-0.1, -0.05) is 12.1 Å². The highest BCUT2D eigenvalue weighted by Gasteiger charge is 2.07. The van der Waals surface area contributed by atoms with E-state index in [4.69, 9.17) is 0 Å². The SMILES string of the molecule is [11CH3]Nc1ccc(-c2nc3ccccc3s2)cc1I. The summed E-state index contributed by atoms with van der Waals surface area (Å²) >= 11 is 4.08. The Labute approximate surface area is 123 Å². The minimum Gasteiger partial charge on any atom is -0.387 e. The number of halogens is 1. The molecule has 0 atom stereocenters. The van der Waals surface area contributed by atoms with Gasteiger partial charge in [-0.15, -0.1) is 11.3 Å². The van der Waals surface area contributed by atoms with Crippen LogP contribution in [-0.4, -0.2) is 12.0 Å². The Bertz CT molecular complexity index is 673. The predicted octanol–water partition coefficient (Wildman–Crippen LogP) is 4.61. The molecule has 3 rings (SSSR count). The Morgan fingerprint density at radius 2 is 2.00 bits per heavy atom. The first-order valence-electron chi connectivity index (χ1n) is 5.61. The Balaban J connectivity index is 2.11. The van der Waals surface area contributed by atoms with Gasteiger partial charge in [-0.2, -0.15) is 0 Å². The third-order valence-corrected chi connectivity index (χ3v) is 4.76. The van der Waals surface area contributed by atoms with E-state index < -0.39 is 0 Å². The molecule has 4 heteroatoms. The second-order valence-electron chi connectivity index (χ2n) is 3.93. The molecule has 1 heterocycles. The van der Waals surface area contributed by atoms with Crippen molar-refractivity contribution in [2.24, 2.45) is 0 Å². The Kier molecular flexibility index (Phi) is 3.22. The average molecular weight is 365 g/mol. The molecule has 0 saturated heterocycles. The highest BCUT2D eigenvalue weighted by atomic mass is 127. The molecule has 1 aromatic heterocycles. The number of fused-ring (bicyclic) bond motifs is 1. The number of aromatic nitrogens is 1. The topological polar surface area (TPSA) is 24.9 Å². The number of rotatable bonds is 2. The third-order valence-electron chi connectivity index (χ3n) is 2.78. The van der Waals surface area contributed by atoms with E-state index in [0.29, 0.717) is 0 Å². The van der Waals surface area contributed by atoms with Crippen LogP contribution < -0.4 is 5.32 Å². The number of thiazole rings is 1. The summed E-state index contributed by atoms with van der Waals surface area (Å²) in [6.45, 7) is 0. The van der Waals surface area contributed by atoms with Crippen LogP contribution in [0.1, 0.15) is 0 Å². The first-order valence-corrected chi connectivity index (χ1v) is 7.51. The average Bonchev–Trinajstić information content (AvgIpc) is 2.82. The lowest BCUT2D eigenvalue weighted by Crippen LogP contribution is -1.91. The maximum atomic E-state index is 4.67. The van der Waals surface area contributed by atoms with E-state index in [2.05, 4.69) is 69.3 Å². The molecular formula is C14H11IN2S. The number of nitrogens with one attached hydrogen (secondary N) is 1. The monoisotopic (exact) mass is 365 g/mol. The van der Waals surface area contributed by atoms with E-state index in [0.717, 1.165) is 16.2 Å². The second kappa shape index (κ2) is 4.85. The van der Waals surface area contributed by atoms with E-state index in [1.807, 2.05) is 13.1 Å². The van der Waals surface area contributed by atoms with Gasteiger partial charge < -0.3 is 5.32 Å². The molecule has 18 heavy (non-hydrogen) atoms. The molecule has 0 aliphatic carbocycles. The van der Waals surface area contributed by atoms with Crippen LogP contribution in [-0.2, 0) is 0 Å². The maximum absolute atomic E-state index is 4.67. The number of para-hydroxylation sites is 1. The van der Waals surface area contributed by atoms with Crippen LogP contribution in [0.5, 0.6) is 0 Å². The largest absolute Gasteiger partial charge is 0.387 e. The molecule has 2 aromatic carbocycles. The summed E-state index contributed by atoms with van der Waals surface area (Å²) in [5.74, 6) is 0. The minimum absolute atomic E-state index is 1.07. The number of hydrogen-bond donors (Lipinski definition) is 1. The summed E-state index contributed by atoms with van der Waals surface area (Å²) < 4.78 is 2.45. The van der Waals surface area contributed by atoms with Crippen molar-refractivity contribution in [2.45, 2.75) is 0 Å². The molecule has 0 bridgehead atoms. The van der Waals surface area contributed by atoms with Gasteiger partial charge in [-0.05, 0) is 52.9 Å². The molecule has 2 nitrogen and oxygen atoms in total. The molecule has 0 spiro atoms. The summed E-state index contributed by atoms with van der Waals surface area (Å²) in [6.07, 6.45) is 0. The summed E-state index contributed by atoms with van der Waals surface area (Å²) in [4.78, 5) is 4.67. The fourth-order valence-corrected chi connectivity index (χ4v) is 3.59. The molecule has 0 saturated carbocycles. The van der Waals surface area contributed by atoms with Gasteiger partial charge in [-0.3, -0.25) is 0 Å². The summed E-state index contributed by atoms with van der Waals surface area (Å²) in [5, 5.41) is 4.26. The van der Waals surface area contributed by atoms with E-state index in [1.165, 1.54) is 13.8 Å². The van der Waals surface area contributed by atoms with Crippen molar-refractivity contribution in [3.63, 3.8) is 0 Å². The molecule has 0 unspecified atom stereocenters.